The van der Waals surface area contributed by atoms with E-state index < -0.39 is 0 Å². The lowest BCUT2D eigenvalue weighted by Crippen LogP contribution is -2.37. The molecule has 2 aliphatic heterocycles. The van der Waals surface area contributed by atoms with E-state index in [0.29, 0.717) is 26.1 Å². The molecule has 0 radical (unpaired) electrons. The smallest absolute Gasteiger partial charge is 0.228 e. The number of likely N-dealkylation sites (tertiary alicyclic amines) is 1. The lowest BCUT2D eigenvalue weighted by molar-refractivity contribution is -0.136. The van der Waals surface area contributed by atoms with Gasteiger partial charge in [-0.25, -0.2) is 0 Å². The molecular weight excluding hydrogens is 182 g/mol. The number of rotatable bonds is 1. The first kappa shape index (κ1) is 9.93. The van der Waals surface area contributed by atoms with Gasteiger partial charge in [0.2, 0.25) is 5.91 Å². The summed E-state index contributed by atoms with van der Waals surface area (Å²) < 4.78 is 5.36. The Bertz CT molecular complexity index is 231. The van der Waals surface area contributed by atoms with Crippen LogP contribution < -0.4 is 0 Å². The van der Waals surface area contributed by atoms with Crippen LogP contribution in [0.4, 0.5) is 0 Å². The minimum atomic E-state index is -0.323. The van der Waals surface area contributed by atoms with Gasteiger partial charge in [-0.05, 0) is 19.8 Å². The molecule has 0 saturated carbocycles. The van der Waals surface area contributed by atoms with Gasteiger partial charge < -0.3 is 14.7 Å². The van der Waals surface area contributed by atoms with E-state index in [1.165, 1.54) is 0 Å². The Morgan fingerprint density at radius 2 is 2.29 bits per heavy atom. The van der Waals surface area contributed by atoms with Crippen molar-refractivity contribution in [1.29, 1.82) is 0 Å². The van der Waals surface area contributed by atoms with E-state index in [0.717, 1.165) is 6.42 Å². The fraction of sp³-hybridized carbons (Fsp3) is 0.900. The summed E-state index contributed by atoms with van der Waals surface area (Å²) in [6, 6.07) is 0. The quantitative estimate of drug-likeness (QED) is 0.647. The van der Waals surface area contributed by atoms with Crippen LogP contribution in [0.3, 0.4) is 0 Å². The molecule has 80 valence electrons. The molecule has 2 unspecified atom stereocenters. The Labute approximate surface area is 83.8 Å². The second kappa shape index (κ2) is 3.87. The van der Waals surface area contributed by atoms with E-state index in [-0.39, 0.29) is 24.0 Å². The summed E-state index contributed by atoms with van der Waals surface area (Å²) in [6.07, 6.45) is 1.26. The zero-order valence-electron chi connectivity index (χ0n) is 8.48. The van der Waals surface area contributed by atoms with Crippen LogP contribution in [0.5, 0.6) is 0 Å². The molecular formula is C10H17NO3. The summed E-state index contributed by atoms with van der Waals surface area (Å²) in [5.41, 5.74) is 0. The van der Waals surface area contributed by atoms with Crippen molar-refractivity contribution in [3.8, 4) is 0 Å². The predicted molar refractivity (Wildman–Crippen MR) is 50.7 cm³/mol. The van der Waals surface area contributed by atoms with Crippen LogP contribution in [0.15, 0.2) is 0 Å². The zero-order valence-corrected chi connectivity index (χ0v) is 8.48. The van der Waals surface area contributed by atoms with Crippen LogP contribution in [0, 0.1) is 5.92 Å². The second-order valence-corrected chi connectivity index (χ2v) is 4.20. The summed E-state index contributed by atoms with van der Waals surface area (Å²) in [7, 11) is 0. The lowest BCUT2D eigenvalue weighted by atomic mass is 10.0. The highest BCUT2D eigenvalue weighted by molar-refractivity contribution is 5.80. The summed E-state index contributed by atoms with van der Waals surface area (Å²) in [6.45, 7) is 3.83. The Balaban J connectivity index is 1.94. The van der Waals surface area contributed by atoms with Crippen molar-refractivity contribution < 1.29 is 14.6 Å². The molecule has 1 amide bonds. The van der Waals surface area contributed by atoms with Gasteiger partial charge in [0, 0.05) is 19.7 Å². The van der Waals surface area contributed by atoms with Crippen molar-refractivity contribution in [3.05, 3.63) is 0 Å². The number of carbonyl (C=O) groups is 1. The molecule has 0 bridgehead atoms. The number of hydrogen-bond acceptors (Lipinski definition) is 3. The third-order valence-corrected chi connectivity index (χ3v) is 3.17. The number of carbonyl (C=O) groups excluding carboxylic acids is 1. The maximum absolute atomic E-state index is 11.9. The molecule has 2 saturated heterocycles. The predicted octanol–water partition coefficient (Wildman–Crippen LogP) is 0.00460. The van der Waals surface area contributed by atoms with Crippen molar-refractivity contribution in [2.75, 3.05) is 19.7 Å². The molecule has 0 spiro atoms. The van der Waals surface area contributed by atoms with Crippen molar-refractivity contribution in [1.82, 2.24) is 4.90 Å². The monoisotopic (exact) mass is 199 g/mol. The average molecular weight is 199 g/mol. The van der Waals surface area contributed by atoms with Gasteiger partial charge in [0.25, 0.3) is 0 Å². The fourth-order valence-corrected chi connectivity index (χ4v) is 2.23. The highest BCUT2D eigenvalue weighted by Crippen LogP contribution is 2.24. The Kier molecular flexibility index (Phi) is 2.74. The summed E-state index contributed by atoms with van der Waals surface area (Å²) in [5, 5.41) is 9.33. The summed E-state index contributed by atoms with van der Waals surface area (Å²) >= 11 is 0. The molecule has 2 aliphatic rings. The van der Waals surface area contributed by atoms with Gasteiger partial charge in [-0.3, -0.25) is 4.79 Å². The molecule has 2 rings (SSSR count). The second-order valence-electron chi connectivity index (χ2n) is 4.20. The highest BCUT2D eigenvalue weighted by atomic mass is 16.5. The van der Waals surface area contributed by atoms with Crippen molar-refractivity contribution >= 4 is 5.91 Å². The number of aliphatic hydroxyl groups excluding tert-OH is 1. The molecule has 1 N–H and O–H groups in total. The van der Waals surface area contributed by atoms with E-state index >= 15 is 0 Å². The van der Waals surface area contributed by atoms with Crippen LogP contribution in [-0.2, 0) is 9.53 Å². The largest absolute Gasteiger partial charge is 0.391 e. The third-order valence-electron chi connectivity index (χ3n) is 3.17. The number of β-amino-alcohol motifs (C(OH)–C–C–N with tert-alkyl or cyclic N) is 1. The van der Waals surface area contributed by atoms with Gasteiger partial charge in [-0.15, -0.1) is 0 Å². The van der Waals surface area contributed by atoms with Crippen LogP contribution >= 0.6 is 0 Å². The molecule has 2 fully saturated rings. The Hall–Kier alpha value is -0.610. The average Bonchev–Trinajstić information content (AvgIpc) is 2.73. The van der Waals surface area contributed by atoms with Gasteiger partial charge in [0.05, 0.1) is 18.1 Å². The third kappa shape index (κ3) is 1.77. The topological polar surface area (TPSA) is 49.8 Å². The van der Waals surface area contributed by atoms with Crippen molar-refractivity contribution in [3.63, 3.8) is 0 Å². The van der Waals surface area contributed by atoms with Crippen LogP contribution in [0.2, 0.25) is 0 Å². The van der Waals surface area contributed by atoms with E-state index in [1.54, 1.807) is 4.90 Å². The van der Waals surface area contributed by atoms with Crippen molar-refractivity contribution in [2.24, 2.45) is 5.92 Å². The summed E-state index contributed by atoms with van der Waals surface area (Å²) in [4.78, 5) is 13.7. The van der Waals surface area contributed by atoms with Crippen LogP contribution in [-0.4, -0.2) is 47.8 Å². The van der Waals surface area contributed by atoms with E-state index in [9.17, 15) is 9.90 Å². The lowest BCUT2D eigenvalue weighted by Gasteiger charge is -2.21. The standard InChI is InChI=1S/C10H17NO3/c1-7-9(3-5-14-7)10(13)11-4-2-8(12)6-11/h7-9,12H,2-6H2,1H3/t7?,8-,9?/m0/s1. The number of amides is 1. The maximum Gasteiger partial charge on any atom is 0.228 e. The van der Waals surface area contributed by atoms with Crippen molar-refractivity contribution in [2.45, 2.75) is 32.0 Å². The molecule has 4 nitrogen and oxygen atoms in total. The highest BCUT2D eigenvalue weighted by Gasteiger charge is 2.36. The van der Waals surface area contributed by atoms with Gasteiger partial charge in [-0.1, -0.05) is 0 Å². The molecule has 4 heteroatoms. The van der Waals surface area contributed by atoms with Gasteiger partial charge in [-0.2, -0.15) is 0 Å². The summed E-state index contributed by atoms with van der Waals surface area (Å²) in [5.74, 6) is 0.173. The first-order chi connectivity index (χ1) is 6.68. The minimum Gasteiger partial charge on any atom is -0.391 e. The first-order valence-corrected chi connectivity index (χ1v) is 5.27. The van der Waals surface area contributed by atoms with Gasteiger partial charge in [0.1, 0.15) is 0 Å². The molecule has 3 atom stereocenters. The number of nitrogens with zero attached hydrogens (tertiary/aromatic N) is 1. The number of aliphatic hydroxyl groups is 1. The molecule has 14 heavy (non-hydrogen) atoms. The number of hydrogen-bond donors (Lipinski definition) is 1. The molecule has 0 aromatic heterocycles. The SMILES string of the molecule is CC1OCCC1C(=O)N1CC[C@H](O)C1. The minimum absolute atomic E-state index is 0.0142. The Morgan fingerprint density at radius 1 is 1.50 bits per heavy atom. The fourth-order valence-electron chi connectivity index (χ4n) is 2.23. The van der Waals surface area contributed by atoms with E-state index in [2.05, 4.69) is 0 Å². The van der Waals surface area contributed by atoms with E-state index in [4.69, 9.17) is 4.74 Å². The normalized spacial score (nSPS) is 37.9. The molecule has 2 heterocycles. The maximum atomic E-state index is 11.9. The zero-order chi connectivity index (χ0) is 10.1. The van der Waals surface area contributed by atoms with E-state index in [1.807, 2.05) is 6.92 Å². The molecule has 0 aromatic carbocycles. The van der Waals surface area contributed by atoms with Gasteiger partial charge >= 0.3 is 0 Å². The van der Waals surface area contributed by atoms with Gasteiger partial charge in [0.15, 0.2) is 0 Å². The van der Waals surface area contributed by atoms with Crippen LogP contribution in [0.1, 0.15) is 19.8 Å². The number of ether oxygens (including phenoxy) is 1. The first-order valence-electron chi connectivity index (χ1n) is 5.27. The Morgan fingerprint density at radius 3 is 2.79 bits per heavy atom. The molecule has 0 aliphatic carbocycles. The van der Waals surface area contributed by atoms with Crippen LogP contribution in [0.25, 0.3) is 0 Å². The molecule has 0 aromatic rings.